The van der Waals surface area contributed by atoms with Gasteiger partial charge in [-0.1, -0.05) is 12.1 Å². The van der Waals surface area contributed by atoms with Gasteiger partial charge >= 0.3 is 0 Å². The summed E-state index contributed by atoms with van der Waals surface area (Å²) in [6, 6.07) is 15.0. The number of hydrogen-bond acceptors (Lipinski definition) is 6. The van der Waals surface area contributed by atoms with Crippen LogP contribution in [-0.2, 0) is 4.79 Å². The Hall–Kier alpha value is -3.87. The number of nitrogens with zero attached hydrogens (tertiary/aromatic N) is 2. The number of carbonyl (C=O) groups is 1. The average molecular weight is 374 g/mol. The second-order valence-corrected chi connectivity index (χ2v) is 6.23. The minimum Gasteiger partial charge on any atom is -0.497 e. The van der Waals surface area contributed by atoms with Crippen molar-refractivity contribution in [3.8, 4) is 28.2 Å². The zero-order chi connectivity index (χ0) is 19.7. The minimum absolute atomic E-state index is 0.127. The summed E-state index contributed by atoms with van der Waals surface area (Å²) >= 11 is 0. The van der Waals surface area contributed by atoms with E-state index in [1.54, 1.807) is 7.11 Å². The molecule has 0 spiro atoms. The SMILES string of the molecule is COc1ccc(-c2oc3ncnc(N)c3c2-c2ccc(NC(C)=O)cc2)cc1. The summed E-state index contributed by atoms with van der Waals surface area (Å²) in [4.78, 5) is 19.6. The molecule has 7 heteroatoms. The number of aromatic nitrogens is 2. The first-order valence-corrected chi connectivity index (χ1v) is 8.62. The highest BCUT2D eigenvalue weighted by Gasteiger charge is 2.21. The van der Waals surface area contributed by atoms with Crippen molar-refractivity contribution >= 4 is 28.5 Å². The number of benzene rings is 2. The Bertz CT molecular complexity index is 1150. The van der Waals surface area contributed by atoms with Gasteiger partial charge in [0.25, 0.3) is 0 Å². The van der Waals surface area contributed by atoms with Crippen LogP contribution in [0.25, 0.3) is 33.6 Å². The lowest BCUT2D eigenvalue weighted by Crippen LogP contribution is -2.05. The molecule has 0 unspecified atom stereocenters. The number of nitrogens with two attached hydrogens (primary N) is 1. The highest BCUT2D eigenvalue weighted by Crippen LogP contribution is 2.42. The van der Waals surface area contributed by atoms with Crippen molar-refractivity contribution in [3.05, 3.63) is 54.9 Å². The molecule has 3 N–H and O–H groups in total. The van der Waals surface area contributed by atoms with Crippen molar-refractivity contribution in [1.29, 1.82) is 0 Å². The fourth-order valence-corrected chi connectivity index (χ4v) is 3.10. The molecule has 1 amide bonds. The number of furan rings is 1. The number of nitrogen functional groups attached to an aromatic ring is 1. The molecule has 0 atom stereocenters. The van der Waals surface area contributed by atoms with E-state index in [9.17, 15) is 4.79 Å². The molecule has 0 bridgehead atoms. The maximum absolute atomic E-state index is 11.3. The third-order valence-electron chi connectivity index (χ3n) is 4.36. The van der Waals surface area contributed by atoms with Crippen LogP contribution in [0.1, 0.15) is 6.92 Å². The molecule has 0 aliphatic carbocycles. The maximum atomic E-state index is 11.3. The summed E-state index contributed by atoms with van der Waals surface area (Å²) < 4.78 is 11.3. The molecule has 0 saturated heterocycles. The molecular weight excluding hydrogens is 356 g/mol. The van der Waals surface area contributed by atoms with Crippen molar-refractivity contribution in [2.24, 2.45) is 0 Å². The Morgan fingerprint density at radius 1 is 1.04 bits per heavy atom. The molecule has 2 aromatic heterocycles. The summed E-state index contributed by atoms with van der Waals surface area (Å²) in [7, 11) is 1.62. The van der Waals surface area contributed by atoms with Crippen LogP contribution in [0.3, 0.4) is 0 Å². The van der Waals surface area contributed by atoms with Crippen LogP contribution in [0.4, 0.5) is 11.5 Å². The molecule has 0 aliphatic rings. The molecule has 2 heterocycles. The van der Waals surface area contributed by atoms with Gasteiger partial charge in [-0.2, -0.15) is 0 Å². The second-order valence-electron chi connectivity index (χ2n) is 6.23. The Labute approximate surface area is 161 Å². The Morgan fingerprint density at radius 3 is 2.36 bits per heavy atom. The molecule has 0 radical (unpaired) electrons. The molecular formula is C21H18N4O3. The van der Waals surface area contributed by atoms with E-state index in [4.69, 9.17) is 14.9 Å². The van der Waals surface area contributed by atoms with Crippen LogP contribution in [-0.4, -0.2) is 23.0 Å². The number of methoxy groups -OCH3 is 1. The lowest BCUT2D eigenvalue weighted by atomic mass is 9.99. The summed E-state index contributed by atoms with van der Waals surface area (Å²) in [6.07, 6.45) is 1.38. The Kier molecular flexibility index (Phi) is 4.41. The fourth-order valence-electron chi connectivity index (χ4n) is 3.10. The minimum atomic E-state index is -0.127. The van der Waals surface area contributed by atoms with Crippen LogP contribution in [0, 0.1) is 0 Å². The third kappa shape index (κ3) is 3.14. The summed E-state index contributed by atoms with van der Waals surface area (Å²) in [6.45, 7) is 1.47. The van der Waals surface area contributed by atoms with Gasteiger partial charge in [0.15, 0.2) is 0 Å². The topological polar surface area (TPSA) is 103 Å². The lowest BCUT2D eigenvalue weighted by molar-refractivity contribution is -0.114. The van der Waals surface area contributed by atoms with E-state index >= 15 is 0 Å². The first kappa shape index (κ1) is 17.5. The summed E-state index contributed by atoms with van der Waals surface area (Å²) in [5.74, 6) is 1.60. The number of nitrogens with one attached hydrogen (secondary N) is 1. The van der Waals surface area contributed by atoms with Gasteiger partial charge in [-0.25, -0.2) is 9.97 Å². The first-order chi connectivity index (χ1) is 13.6. The van der Waals surface area contributed by atoms with Crippen molar-refractivity contribution in [3.63, 3.8) is 0 Å². The molecule has 2 aromatic carbocycles. The number of ether oxygens (including phenoxy) is 1. The first-order valence-electron chi connectivity index (χ1n) is 8.62. The molecule has 0 aliphatic heterocycles. The van der Waals surface area contributed by atoms with Crippen molar-refractivity contribution in [2.75, 3.05) is 18.2 Å². The largest absolute Gasteiger partial charge is 0.497 e. The number of amides is 1. The molecule has 0 fully saturated rings. The van der Waals surface area contributed by atoms with Crippen LogP contribution < -0.4 is 15.8 Å². The van der Waals surface area contributed by atoms with Crippen molar-refractivity contribution in [2.45, 2.75) is 6.92 Å². The van der Waals surface area contributed by atoms with E-state index in [0.717, 1.165) is 22.4 Å². The van der Waals surface area contributed by atoms with Gasteiger partial charge in [0.2, 0.25) is 11.6 Å². The number of carbonyl (C=O) groups excluding carboxylic acids is 1. The van der Waals surface area contributed by atoms with E-state index in [2.05, 4.69) is 15.3 Å². The number of rotatable bonds is 4. The standard InChI is InChI=1S/C21H18N4O3/c1-12(26)25-15-7-3-13(4-8-15)17-18-20(22)23-11-24-21(18)28-19(17)14-5-9-16(27-2)10-6-14/h3-11H,1-2H3,(H,25,26)(H2,22,23,24). The zero-order valence-corrected chi connectivity index (χ0v) is 15.4. The zero-order valence-electron chi connectivity index (χ0n) is 15.4. The van der Waals surface area contributed by atoms with E-state index in [0.29, 0.717) is 28.4 Å². The van der Waals surface area contributed by atoms with E-state index < -0.39 is 0 Å². The third-order valence-corrected chi connectivity index (χ3v) is 4.36. The van der Waals surface area contributed by atoms with Gasteiger partial charge in [0.1, 0.15) is 23.7 Å². The molecule has 4 rings (SSSR count). The molecule has 4 aromatic rings. The normalized spacial score (nSPS) is 10.8. The second kappa shape index (κ2) is 7.03. The van der Waals surface area contributed by atoms with Crippen LogP contribution in [0.5, 0.6) is 5.75 Å². The smallest absolute Gasteiger partial charge is 0.232 e. The molecule has 28 heavy (non-hydrogen) atoms. The molecule has 140 valence electrons. The Morgan fingerprint density at radius 2 is 1.71 bits per heavy atom. The maximum Gasteiger partial charge on any atom is 0.232 e. The predicted molar refractivity (Wildman–Crippen MR) is 108 cm³/mol. The van der Waals surface area contributed by atoms with Gasteiger partial charge < -0.3 is 20.2 Å². The number of fused-ring (bicyclic) bond motifs is 1. The van der Waals surface area contributed by atoms with Crippen LogP contribution in [0.15, 0.2) is 59.3 Å². The quantitative estimate of drug-likeness (QED) is 0.557. The highest BCUT2D eigenvalue weighted by molar-refractivity contribution is 6.05. The number of anilines is 2. The predicted octanol–water partition coefficient (Wildman–Crippen LogP) is 4.11. The lowest BCUT2D eigenvalue weighted by Gasteiger charge is -2.07. The van der Waals surface area contributed by atoms with E-state index in [1.165, 1.54) is 13.3 Å². The number of hydrogen-bond donors (Lipinski definition) is 2. The summed E-state index contributed by atoms with van der Waals surface area (Å²) in [5.41, 5.74) is 9.80. The van der Waals surface area contributed by atoms with Crippen LogP contribution in [0.2, 0.25) is 0 Å². The monoisotopic (exact) mass is 374 g/mol. The summed E-state index contributed by atoms with van der Waals surface area (Å²) in [5, 5.41) is 3.41. The average Bonchev–Trinajstić information content (AvgIpc) is 3.09. The highest BCUT2D eigenvalue weighted by atomic mass is 16.5. The molecule has 0 saturated carbocycles. The van der Waals surface area contributed by atoms with Gasteiger partial charge in [-0.15, -0.1) is 0 Å². The van der Waals surface area contributed by atoms with E-state index in [1.807, 2.05) is 48.5 Å². The molecule has 7 nitrogen and oxygen atoms in total. The van der Waals surface area contributed by atoms with Gasteiger partial charge in [0.05, 0.1) is 12.5 Å². The van der Waals surface area contributed by atoms with Gasteiger partial charge in [-0.05, 0) is 42.0 Å². The Balaban J connectivity index is 1.91. The van der Waals surface area contributed by atoms with Gasteiger partial charge in [-0.3, -0.25) is 4.79 Å². The van der Waals surface area contributed by atoms with E-state index in [-0.39, 0.29) is 5.91 Å². The fraction of sp³-hybridized carbons (Fsp3) is 0.0952. The van der Waals surface area contributed by atoms with Crippen molar-refractivity contribution < 1.29 is 13.9 Å². The van der Waals surface area contributed by atoms with Crippen LogP contribution >= 0.6 is 0 Å². The van der Waals surface area contributed by atoms with Gasteiger partial charge in [0, 0.05) is 23.7 Å². The van der Waals surface area contributed by atoms with Crippen molar-refractivity contribution in [1.82, 2.24) is 9.97 Å².